The van der Waals surface area contributed by atoms with E-state index in [1.807, 2.05) is 0 Å². The van der Waals surface area contributed by atoms with Gasteiger partial charge in [0.1, 0.15) is 6.54 Å². The molecule has 0 spiro atoms. The largest absolute Gasteiger partial charge is 0.468 e. The summed E-state index contributed by atoms with van der Waals surface area (Å²) in [6.07, 6.45) is 2.96. The molecule has 0 saturated carbocycles. The van der Waals surface area contributed by atoms with Crippen molar-refractivity contribution in [2.45, 2.75) is 0 Å². The van der Waals surface area contributed by atoms with E-state index in [2.05, 4.69) is 4.74 Å². The molecule has 0 aromatic heterocycles. The normalized spacial score (nSPS) is 10.7. The van der Waals surface area contributed by atoms with Crippen LogP contribution in [0.25, 0.3) is 6.08 Å². The van der Waals surface area contributed by atoms with E-state index < -0.39 is 5.97 Å². The number of esters is 1. The van der Waals surface area contributed by atoms with Gasteiger partial charge in [-0.2, -0.15) is 0 Å². The first-order chi connectivity index (χ1) is 10.5. The van der Waals surface area contributed by atoms with Gasteiger partial charge in [0.25, 0.3) is 0 Å². The van der Waals surface area contributed by atoms with Crippen LogP contribution in [0.4, 0.5) is 0 Å². The number of nitrogens with zero attached hydrogens (tertiary/aromatic N) is 1. The van der Waals surface area contributed by atoms with Gasteiger partial charge in [-0.25, -0.2) is 0 Å². The van der Waals surface area contributed by atoms with Crippen LogP contribution in [0.3, 0.4) is 0 Å². The number of carbonyl (C=O) groups is 2. The summed E-state index contributed by atoms with van der Waals surface area (Å²) in [6, 6.07) is 5.02. The fourth-order valence-corrected chi connectivity index (χ4v) is 1.88. The summed E-state index contributed by atoms with van der Waals surface area (Å²) in [5, 5.41) is 0.847. The minimum Gasteiger partial charge on any atom is -0.468 e. The van der Waals surface area contributed by atoms with Gasteiger partial charge in [-0.1, -0.05) is 29.3 Å². The molecule has 22 heavy (non-hydrogen) atoms. The first-order valence-corrected chi connectivity index (χ1v) is 7.21. The Balaban J connectivity index is 2.77. The lowest BCUT2D eigenvalue weighted by Gasteiger charge is -2.19. The molecule has 0 fully saturated rings. The maximum atomic E-state index is 12.1. The van der Waals surface area contributed by atoms with E-state index in [9.17, 15) is 9.59 Å². The predicted molar refractivity (Wildman–Crippen MR) is 86.0 cm³/mol. The average molecular weight is 346 g/mol. The topological polar surface area (TPSA) is 55.8 Å². The highest BCUT2D eigenvalue weighted by Crippen LogP contribution is 2.23. The smallest absolute Gasteiger partial charge is 0.325 e. The molecule has 0 aliphatic rings. The van der Waals surface area contributed by atoms with Crippen LogP contribution in [-0.4, -0.2) is 50.7 Å². The maximum absolute atomic E-state index is 12.1. The monoisotopic (exact) mass is 345 g/mol. The van der Waals surface area contributed by atoms with Crippen molar-refractivity contribution in [1.82, 2.24) is 4.90 Å². The third-order valence-corrected chi connectivity index (χ3v) is 3.53. The van der Waals surface area contributed by atoms with Crippen molar-refractivity contribution >= 4 is 41.2 Å². The average Bonchev–Trinajstić information content (AvgIpc) is 2.51. The Morgan fingerprint density at radius 2 is 1.95 bits per heavy atom. The Labute approximate surface area is 139 Å². The molecule has 5 nitrogen and oxygen atoms in total. The maximum Gasteiger partial charge on any atom is 0.325 e. The molecule has 0 bridgehead atoms. The van der Waals surface area contributed by atoms with Crippen LogP contribution in [0.15, 0.2) is 24.3 Å². The number of amides is 1. The van der Waals surface area contributed by atoms with Crippen LogP contribution in [-0.2, 0) is 19.1 Å². The molecule has 0 saturated heterocycles. The fraction of sp³-hybridized carbons (Fsp3) is 0.333. The van der Waals surface area contributed by atoms with Gasteiger partial charge in [0.2, 0.25) is 5.91 Å². The molecule has 0 aliphatic heterocycles. The number of carbonyl (C=O) groups excluding carboxylic acids is 2. The molecule has 1 aromatic carbocycles. The van der Waals surface area contributed by atoms with E-state index >= 15 is 0 Å². The quantitative estimate of drug-likeness (QED) is 0.563. The van der Waals surface area contributed by atoms with Gasteiger partial charge in [0.15, 0.2) is 0 Å². The number of rotatable bonds is 7. The van der Waals surface area contributed by atoms with Gasteiger partial charge < -0.3 is 14.4 Å². The predicted octanol–water partition coefficient (Wildman–Crippen LogP) is 2.65. The van der Waals surface area contributed by atoms with Crippen molar-refractivity contribution in [3.05, 3.63) is 39.9 Å². The van der Waals surface area contributed by atoms with Crippen molar-refractivity contribution in [2.24, 2.45) is 0 Å². The highest BCUT2D eigenvalue weighted by molar-refractivity contribution is 6.42. The fourth-order valence-electron chi connectivity index (χ4n) is 1.58. The van der Waals surface area contributed by atoms with Crippen molar-refractivity contribution in [2.75, 3.05) is 33.9 Å². The Bertz CT molecular complexity index is 560. The molecule has 0 N–H and O–H groups in total. The third kappa shape index (κ3) is 6.05. The van der Waals surface area contributed by atoms with Crippen molar-refractivity contribution in [3.63, 3.8) is 0 Å². The number of benzene rings is 1. The summed E-state index contributed by atoms with van der Waals surface area (Å²) < 4.78 is 9.50. The van der Waals surface area contributed by atoms with E-state index in [0.717, 1.165) is 5.56 Å². The zero-order valence-electron chi connectivity index (χ0n) is 12.3. The van der Waals surface area contributed by atoms with E-state index in [0.29, 0.717) is 16.7 Å². The van der Waals surface area contributed by atoms with Crippen molar-refractivity contribution < 1.29 is 19.1 Å². The molecule has 0 heterocycles. The van der Waals surface area contributed by atoms with Crippen LogP contribution in [0.5, 0.6) is 0 Å². The number of hydrogen-bond acceptors (Lipinski definition) is 4. The molecule has 120 valence electrons. The molecule has 1 rings (SSSR count). The number of halogens is 2. The van der Waals surface area contributed by atoms with Gasteiger partial charge in [0.05, 0.1) is 23.8 Å². The molecule has 1 aromatic rings. The molecule has 0 radical (unpaired) electrons. The lowest BCUT2D eigenvalue weighted by molar-refractivity contribution is -0.145. The molecule has 0 aliphatic carbocycles. The number of hydrogen-bond donors (Lipinski definition) is 0. The number of methoxy groups -OCH3 is 2. The van der Waals surface area contributed by atoms with Gasteiger partial charge in [-0.3, -0.25) is 9.59 Å². The van der Waals surface area contributed by atoms with Crippen molar-refractivity contribution in [3.8, 4) is 0 Å². The minimum absolute atomic E-state index is 0.135. The van der Waals surface area contributed by atoms with Gasteiger partial charge >= 0.3 is 5.97 Å². The van der Waals surface area contributed by atoms with Gasteiger partial charge in [-0.05, 0) is 23.8 Å². The van der Waals surface area contributed by atoms with E-state index in [1.54, 1.807) is 24.3 Å². The first kappa shape index (κ1) is 18.5. The third-order valence-electron chi connectivity index (χ3n) is 2.79. The molecule has 7 heteroatoms. The summed E-state index contributed by atoms with van der Waals surface area (Å²) >= 11 is 11.7. The molecule has 0 unspecified atom stereocenters. The minimum atomic E-state index is -0.493. The van der Waals surface area contributed by atoms with Crippen LogP contribution < -0.4 is 0 Å². The van der Waals surface area contributed by atoms with Gasteiger partial charge in [-0.15, -0.1) is 0 Å². The van der Waals surface area contributed by atoms with Crippen LogP contribution in [0, 0.1) is 0 Å². The summed E-state index contributed by atoms with van der Waals surface area (Å²) in [5.41, 5.74) is 0.729. The lowest BCUT2D eigenvalue weighted by atomic mass is 10.2. The summed E-state index contributed by atoms with van der Waals surface area (Å²) in [7, 11) is 2.79. The van der Waals surface area contributed by atoms with Crippen LogP contribution in [0.2, 0.25) is 10.0 Å². The Morgan fingerprint density at radius 1 is 1.23 bits per heavy atom. The van der Waals surface area contributed by atoms with Crippen LogP contribution >= 0.6 is 23.2 Å². The summed E-state index contributed by atoms with van der Waals surface area (Å²) in [6.45, 7) is 0.476. The van der Waals surface area contributed by atoms with E-state index in [1.165, 1.54) is 25.2 Å². The standard InChI is InChI=1S/C15H17Cl2NO4/c1-21-8-7-18(10-15(20)22-2)14(19)6-4-11-3-5-12(16)13(17)9-11/h3-6,9H,7-8,10H2,1-2H3. The molecule has 1 amide bonds. The van der Waals surface area contributed by atoms with E-state index in [4.69, 9.17) is 27.9 Å². The first-order valence-electron chi connectivity index (χ1n) is 6.45. The second-order valence-electron chi connectivity index (χ2n) is 4.34. The summed E-state index contributed by atoms with van der Waals surface area (Å²) in [4.78, 5) is 24.8. The molecule has 0 atom stereocenters. The van der Waals surface area contributed by atoms with Crippen molar-refractivity contribution in [1.29, 1.82) is 0 Å². The van der Waals surface area contributed by atoms with E-state index in [-0.39, 0.29) is 19.0 Å². The SMILES string of the molecule is COCCN(CC(=O)OC)C(=O)C=Cc1ccc(Cl)c(Cl)c1. The lowest BCUT2D eigenvalue weighted by Crippen LogP contribution is -2.37. The number of ether oxygens (including phenoxy) is 2. The summed E-state index contributed by atoms with van der Waals surface area (Å²) in [5.74, 6) is -0.819. The highest BCUT2D eigenvalue weighted by Gasteiger charge is 2.15. The van der Waals surface area contributed by atoms with Gasteiger partial charge in [0, 0.05) is 19.7 Å². The Morgan fingerprint density at radius 3 is 2.55 bits per heavy atom. The molecular weight excluding hydrogens is 329 g/mol. The Hall–Kier alpha value is -1.56. The second kappa shape index (κ2) is 9.46. The van der Waals surface area contributed by atoms with Crippen LogP contribution in [0.1, 0.15) is 5.56 Å². The molecular formula is C15H17Cl2NO4. The zero-order valence-corrected chi connectivity index (χ0v) is 13.9. The second-order valence-corrected chi connectivity index (χ2v) is 5.15. The highest BCUT2D eigenvalue weighted by atomic mass is 35.5. The Kier molecular flexibility index (Phi) is 7.95. The zero-order chi connectivity index (χ0) is 16.5.